The summed E-state index contributed by atoms with van der Waals surface area (Å²) < 4.78 is 0. The van der Waals surface area contributed by atoms with E-state index in [1.165, 1.54) is 6.42 Å². The van der Waals surface area contributed by atoms with Crippen LogP contribution in [0.4, 0.5) is 0 Å². The molecule has 2 rings (SSSR count). The van der Waals surface area contributed by atoms with Crippen LogP contribution < -0.4 is 5.32 Å². The number of rotatable bonds is 5. The fourth-order valence-electron chi connectivity index (χ4n) is 2.78. The molecular formula is C15H21N3O2. The summed E-state index contributed by atoms with van der Waals surface area (Å²) in [6.07, 6.45) is 7.55. The van der Waals surface area contributed by atoms with E-state index in [0.717, 1.165) is 32.1 Å². The Bertz CT molecular complexity index is 490. The molecule has 1 amide bonds. The maximum atomic E-state index is 11.8. The van der Waals surface area contributed by atoms with Gasteiger partial charge in [-0.25, -0.2) is 0 Å². The fourth-order valence-corrected chi connectivity index (χ4v) is 2.78. The van der Waals surface area contributed by atoms with Crippen LogP contribution in [-0.2, 0) is 0 Å². The lowest BCUT2D eigenvalue weighted by Crippen LogP contribution is -2.27. The maximum Gasteiger partial charge on any atom is 0.252 e. The van der Waals surface area contributed by atoms with E-state index < -0.39 is 0 Å². The largest absolute Gasteiger partial charge is 0.393 e. The third-order valence-electron chi connectivity index (χ3n) is 3.97. The quantitative estimate of drug-likeness (QED) is 0.717. The summed E-state index contributed by atoms with van der Waals surface area (Å²) in [6.45, 7) is 0.606. The first-order valence-corrected chi connectivity index (χ1v) is 7.25. The fraction of sp³-hybridized carbons (Fsp3) is 0.600. The molecule has 1 aliphatic rings. The van der Waals surface area contributed by atoms with Crippen molar-refractivity contribution in [3.63, 3.8) is 0 Å². The molecule has 0 saturated heterocycles. The number of nitriles is 1. The molecular weight excluding hydrogens is 254 g/mol. The van der Waals surface area contributed by atoms with Gasteiger partial charge in [0.2, 0.25) is 0 Å². The average molecular weight is 275 g/mol. The van der Waals surface area contributed by atoms with E-state index in [1.807, 2.05) is 6.07 Å². The smallest absolute Gasteiger partial charge is 0.252 e. The van der Waals surface area contributed by atoms with Crippen molar-refractivity contribution in [2.45, 2.75) is 44.6 Å². The van der Waals surface area contributed by atoms with E-state index in [-0.39, 0.29) is 12.0 Å². The van der Waals surface area contributed by atoms with Gasteiger partial charge in [-0.1, -0.05) is 12.8 Å². The first-order valence-electron chi connectivity index (χ1n) is 7.25. The van der Waals surface area contributed by atoms with Gasteiger partial charge in [-0.05, 0) is 37.7 Å². The molecule has 0 bridgehead atoms. The highest BCUT2D eigenvalue weighted by molar-refractivity contribution is 5.94. The second kappa shape index (κ2) is 7.11. The lowest BCUT2D eigenvalue weighted by Gasteiger charge is -2.27. The van der Waals surface area contributed by atoms with Crippen molar-refractivity contribution >= 4 is 5.91 Å². The molecule has 1 aromatic rings. The van der Waals surface area contributed by atoms with Crippen molar-refractivity contribution in [2.24, 2.45) is 5.92 Å². The zero-order valence-electron chi connectivity index (χ0n) is 11.6. The highest BCUT2D eigenvalue weighted by Gasteiger charge is 2.22. The molecule has 5 heteroatoms. The summed E-state index contributed by atoms with van der Waals surface area (Å²) in [4.78, 5) is 14.5. The molecule has 20 heavy (non-hydrogen) atoms. The number of hydrogen-bond donors (Lipinski definition) is 3. The van der Waals surface area contributed by atoms with Gasteiger partial charge < -0.3 is 15.4 Å². The second-order valence-corrected chi connectivity index (χ2v) is 5.42. The molecule has 1 saturated carbocycles. The third-order valence-corrected chi connectivity index (χ3v) is 3.97. The SMILES string of the molecule is N#Cc1cc(C(=O)NCCCC2CCCCC2O)c[nH]1. The zero-order chi connectivity index (χ0) is 14.4. The summed E-state index contributed by atoms with van der Waals surface area (Å²) in [7, 11) is 0. The van der Waals surface area contributed by atoms with E-state index in [2.05, 4.69) is 10.3 Å². The van der Waals surface area contributed by atoms with E-state index in [1.54, 1.807) is 12.3 Å². The molecule has 0 spiro atoms. The normalized spacial score (nSPS) is 22.2. The number of H-pyrrole nitrogens is 1. The second-order valence-electron chi connectivity index (χ2n) is 5.42. The Morgan fingerprint density at radius 1 is 1.50 bits per heavy atom. The molecule has 1 aliphatic carbocycles. The minimum Gasteiger partial charge on any atom is -0.393 e. The third kappa shape index (κ3) is 3.84. The number of aliphatic hydroxyl groups excluding tert-OH is 1. The molecule has 3 N–H and O–H groups in total. The molecule has 108 valence electrons. The van der Waals surface area contributed by atoms with Gasteiger partial charge >= 0.3 is 0 Å². The Morgan fingerprint density at radius 3 is 3.00 bits per heavy atom. The summed E-state index contributed by atoms with van der Waals surface area (Å²) in [5.74, 6) is 0.227. The number of aromatic nitrogens is 1. The molecule has 0 aromatic carbocycles. The molecule has 1 aromatic heterocycles. The van der Waals surface area contributed by atoms with Crippen molar-refractivity contribution in [1.82, 2.24) is 10.3 Å². The molecule has 2 unspecified atom stereocenters. The van der Waals surface area contributed by atoms with E-state index in [4.69, 9.17) is 5.26 Å². The highest BCUT2D eigenvalue weighted by Crippen LogP contribution is 2.27. The number of aromatic amines is 1. The standard InChI is InChI=1S/C15H21N3O2/c16-9-13-8-12(10-18-13)15(20)17-7-3-5-11-4-1-2-6-14(11)19/h8,10-11,14,18-19H,1-7H2,(H,17,20). The minimum absolute atomic E-state index is 0.160. The number of hydrogen-bond acceptors (Lipinski definition) is 3. The van der Waals surface area contributed by atoms with Crippen LogP contribution in [0.15, 0.2) is 12.3 Å². The van der Waals surface area contributed by atoms with Crippen LogP contribution in [0.25, 0.3) is 0 Å². The monoisotopic (exact) mass is 275 g/mol. The predicted molar refractivity (Wildman–Crippen MR) is 75.0 cm³/mol. The van der Waals surface area contributed by atoms with E-state index >= 15 is 0 Å². The maximum absolute atomic E-state index is 11.8. The number of nitrogens with one attached hydrogen (secondary N) is 2. The Morgan fingerprint density at radius 2 is 2.30 bits per heavy atom. The van der Waals surface area contributed by atoms with Crippen LogP contribution in [0.1, 0.15) is 54.6 Å². The van der Waals surface area contributed by atoms with Crippen molar-refractivity contribution in [2.75, 3.05) is 6.54 Å². The Hall–Kier alpha value is -1.80. The Balaban J connectivity index is 1.68. The van der Waals surface area contributed by atoms with Gasteiger partial charge in [0.05, 0.1) is 11.7 Å². The Kier molecular flexibility index (Phi) is 5.19. The summed E-state index contributed by atoms with van der Waals surface area (Å²) in [5.41, 5.74) is 0.875. The number of aliphatic hydroxyl groups is 1. The van der Waals surface area contributed by atoms with E-state index in [9.17, 15) is 9.90 Å². The van der Waals surface area contributed by atoms with Crippen molar-refractivity contribution in [3.8, 4) is 6.07 Å². The Labute approximate surface area is 119 Å². The van der Waals surface area contributed by atoms with Crippen molar-refractivity contribution in [1.29, 1.82) is 5.26 Å². The van der Waals surface area contributed by atoms with E-state index in [0.29, 0.717) is 23.7 Å². The van der Waals surface area contributed by atoms with Crippen LogP contribution in [0, 0.1) is 17.2 Å². The molecule has 0 radical (unpaired) electrons. The number of amides is 1. The number of carbonyl (C=O) groups excluding carboxylic acids is 1. The summed E-state index contributed by atoms with van der Waals surface area (Å²) >= 11 is 0. The molecule has 2 atom stereocenters. The van der Waals surface area contributed by atoms with Gasteiger partial charge in [0.15, 0.2) is 0 Å². The topological polar surface area (TPSA) is 88.9 Å². The van der Waals surface area contributed by atoms with Gasteiger partial charge in [-0.2, -0.15) is 5.26 Å². The zero-order valence-corrected chi connectivity index (χ0v) is 11.6. The average Bonchev–Trinajstić information content (AvgIpc) is 2.94. The van der Waals surface area contributed by atoms with Gasteiger partial charge in [-0.3, -0.25) is 4.79 Å². The van der Waals surface area contributed by atoms with Crippen LogP contribution in [0.2, 0.25) is 0 Å². The van der Waals surface area contributed by atoms with Gasteiger partial charge in [0, 0.05) is 12.7 Å². The first-order chi connectivity index (χ1) is 9.70. The van der Waals surface area contributed by atoms with Gasteiger partial charge in [0.1, 0.15) is 11.8 Å². The van der Waals surface area contributed by atoms with Crippen LogP contribution in [-0.4, -0.2) is 28.6 Å². The molecule has 1 heterocycles. The summed E-state index contributed by atoms with van der Waals surface area (Å²) in [5, 5.41) is 21.4. The highest BCUT2D eigenvalue weighted by atomic mass is 16.3. The molecule has 5 nitrogen and oxygen atoms in total. The van der Waals surface area contributed by atoms with Gasteiger partial charge in [-0.15, -0.1) is 0 Å². The minimum atomic E-state index is -0.165. The molecule has 1 fully saturated rings. The lowest BCUT2D eigenvalue weighted by molar-refractivity contribution is 0.0641. The first kappa shape index (κ1) is 14.6. The van der Waals surface area contributed by atoms with Gasteiger partial charge in [0.25, 0.3) is 5.91 Å². The van der Waals surface area contributed by atoms with Crippen molar-refractivity contribution < 1.29 is 9.90 Å². The number of nitrogens with zero attached hydrogens (tertiary/aromatic N) is 1. The predicted octanol–water partition coefficient (Wildman–Crippen LogP) is 1.95. The van der Waals surface area contributed by atoms with Crippen LogP contribution in [0.5, 0.6) is 0 Å². The molecule has 0 aliphatic heterocycles. The lowest BCUT2D eigenvalue weighted by atomic mass is 9.83. The van der Waals surface area contributed by atoms with Crippen LogP contribution in [0.3, 0.4) is 0 Å². The summed E-state index contributed by atoms with van der Waals surface area (Å²) in [6, 6.07) is 3.50. The van der Waals surface area contributed by atoms with Crippen LogP contribution >= 0.6 is 0 Å². The van der Waals surface area contributed by atoms with Crippen molar-refractivity contribution in [3.05, 3.63) is 23.5 Å². The number of carbonyl (C=O) groups is 1.